The van der Waals surface area contributed by atoms with Gasteiger partial charge in [-0.15, -0.1) is 0 Å². The van der Waals surface area contributed by atoms with Gasteiger partial charge in [0.1, 0.15) is 6.33 Å². The molecule has 2 aromatic rings. The molecule has 1 aromatic carbocycles. The Balaban J connectivity index is 2.11. The molecule has 3 N–H and O–H groups in total. The smallest absolute Gasteiger partial charge is 0.238 e. The van der Waals surface area contributed by atoms with Crippen molar-refractivity contribution >= 4 is 15.7 Å². The second-order valence-corrected chi connectivity index (χ2v) is 5.19. The number of nitrogens with two attached hydrogens (primary N) is 1. The normalized spacial score (nSPS) is 11.2. The number of hydrogen-bond acceptors (Lipinski definition) is 5. The van der Waals surface area contributed by atoms with Crippen molar-refractivity contribution in [2.45, 2.75) is 11.4 Å². The van der Waals surface area contributed by atoms with Crippen LogP contribution in [0.4, 0.5) is 5.69 Å². The highest BCUT2D eigenvalue weighted by Gasteiger charge is 2.07. The number of rotatable bonds is 4. The van der Waals surface area contributed by atoms with Crippen LogP contribution in [0.2, 0.25) is 0 Å². The average molecular weight is 264 g/mol. The fourth-order valence-electron chi connectivity index (χ4n) is 1.40. The van der Waals surface area contributed by atoms with Crippen LogP contribution >= 0.6 is 0 Å². The molecule has 0 bridgehead atoms. The quantitative estimate of drug-likeness (QED) is 0.848. The summed E-state index contributed by atoms with van der Waals surface area (Å²) in [5.74, 6) is 0. The van der Waals surface area contributed by atoms with E-state index in [0.717, 1.165) is 5.69 Å². The molecule has 94 valence electrons. The molecule has 0 atom stereocenters. The number of hydrogen-bond donors (Lipinski definition) is 2. The van der Waals surface area contributed by atoms with Gasteiger partial charge < -0.3 is 5.32 Å². The van der Waals surface area contributed by atoms with Crippen LogP contribution < -0.4 is 10.5 Å². The molecule has 0 aliphatic heterocycles. The molecule has 0 radical (unpaired) electrons. The van der Waals surface area contributed by atoms with Gasteiger partial charge in [0.15, 0.2) is 0 Å². The highest BCUT2D eigenvalue weighted by atomic mass is 32.2. The third kappa shape index (κ3) is 3.25. The van der Waals surface area contributed by atoms with Crippen LogP contribution in [0.5, 0.6) is 0 Å². The van der Waals surface area contributed by atoms with E-state index < -0.39 is 10.0 Å². The number of nitrogens with zero attached hydrogens (tertiary/aromatic N) is 2. The van der Waals surface area contributed by atoms with Crippen LogP contribution in [0.15, 0.2) is 47.8 Å². The fourth-order valence-corrected chi connectivity index (χ4v) is 1.96. The molecule has 0 aliphatic rings. The summed E-state index contributed by atoms with van der Waals surface area (Å²) in [5.41, 5.74) is 1.48. The molecule has 6 nitrogen and oxygen atoms in total. The summed E-state index contributed by atoms with van der Waals surface area (Å²) in [5, 5.41) is 8.12. The third-order valence-electron chi connectivity index (χ3n) is 2.28. The molecule has 0 saturated carbocycles. The van der Waals surface area contributed by atoms with Gasteiger partial charge in [-0.2, -0.15) is 0 Å². The van der Waals surface area contributed by atoms with E-state index in [4.69, 9.17) is 5.14 Å². The van der Waals surface area contributed by atoms with Crippen LogP contribution in [0.25, 0.3) is 0 Å². The Labute approximate surface area is 105 Å². The summed E-state index contributed by atoms with van der Waals surface area (Å²) in [6.07, 6.45) is 3.10. The summed E-state index contributed by atoms with van der Waals surface area (Å²) in [4.78, 5) is 7.94. The van der Waals surface area contributed by atoms with Crippen LogP contribution in [0, 0.1) is 0 Å². The number of sulfonamides is 1. The van der Waals surface area contributed by atoms with Crippen LogP contribution in [-0.4, -0.2) is 18.4 Å². The van der Waals surface area contributed by atoms with E-state index >= 15 is 0 Å². The van der Waals surface area contributed by atoms with E-state index in [-0.39, 0.29) is 4.90 Å². The lowest BCUT2D eigenvalue weighted by molar-refractivity contribution is 0.598. The van der Waals surface area contributed by atoms with E-state index in [9.17, 15) is 8.42 Å². The number of nitrogens with one attached hydrogen (secondary N) is 1. The molecular formula is C11H12N4O2S. The first-order chi connectivity index (χ1) is 8.55. The monoisotopic (exact) mass is 264 g/mol. The minimum absolute atomic E-state index is 0.0789. The average Bonchev–Trinajstić information content (AvgIpc) is 2.37. The summed E-state index contributed by atoms with van der Waals surface area (Å²) < 4.78 is 22.4. The second-order valence-electron chi connectivity index (χ2n) is 3.63. The van der Waals surface area contributed by atoms with Crippen LogP contribution in [0.3, 0.4) is 0 Å². The second kappa shape index (κ2) is 5.11. The summed E-state index contributed by atoms with van der Waals surface area (Å²) >= 11 is 0. The maximum Gasteiger partial charge on any atom is 0.238 e. The van der Waals surface area contributed by atoms with Gasteiger partial charge in [-0.1, -0.05) is 6.07 Å². The van der Waals surface area contributed by atoms with E-state index in [0.29, 0.717) is 12.2 Å². The number of primary sulfonamides is 1. The number of aromatic nitrogens is 2. The van der Waals surface area contributed by atoms with Crippen molar-refractivity contribution in [3.63, 3.8) is 0 Å². The van der Waals surface area contributed by atoms with Crippen molar-refractivity contribution in [2.24, 2.45) is 5.14 Å². The molecule has 2 rings (SSSR count). The Hall–Kier alpha value is -1.99. The maximum atomic E-state index is 11.2. The molecule has 1 heterocycles. The van der Waals surface area contributed by atoms with Crippen molar-refractivity contribution in [1.29, 1.82) is 0 Å². The lowest BCUT2D eigenvalue weighted by Gasteiger charge is -2.06. The zero-order valence-electron chi connectivity index (χ0n) is 9.45. The topological polar surface area (TPSA) is 98.0 Å². The lowest BCUT2D eigenvalue weighted by Crippen LogP contribution is -2.12. The SMILES string of the molecule is NS(=O)(=O)c1cccc(NCc2ccncn2)c1. The first kappa shape index (κ1) is 12.5. The summed E-state index contributed by atoms with van der Waals surface area (Å²) in [6.45, 7) is 0.483. The predicted octanol–water partition coefficient (Wildman–Crippen LogP) is 0.736. The molecule has 1 aromatic heterocycles. The molecule has 18 heavy (non-hydrogen) atoms. The molecule has 0 amide bonds. The Morgan fingerprint density at radius 1 is 1.28 bits per heavy atom. The zero-order valence-corrected chi connectivity index (χ0v) is 10.3. The van der Waals surface area contributed by atoms with Crippen molar-refractivity contribution < 1.29 is 8.42 Å². The van der Waals surface area contributed by atoms with Gasteiger partial charge in [0.05, 0.1) is 17.1 Å². The van der Waals surface area contributed by atoms with Gasteiger partial charge in [0, 0.05) is 11.9 Å². The van der Waals surface area contributed by atoms with Crippen molar-refractivity contribution in [2.75, 3.05) is 5.32 Å². The third-order valence-corrected chi connectivity index (χ3v) is 3.19. The number of anilines is 1. The molecule has 0 saturated heterocycles. The lowest BCUT2D eigenvalue weighted by atomic mass is 10.3. The van der Waals surface area contributed by atoms with Crippen molar-refractivity contribution in [3.05, 3.63) is 48.5 Å². The highest BCUT2D eigenvalue weighted by molar-refractivity contribution is 7.89. The minimum atomic E-state index is -3.67. The Morgan fingerprint density at radius 3 is 2.78 bits per heavy atom. The van der Waals surface area contributed by atoms with Gasteiger partial charge >= 0.3 is 0 Å². The molecule has 7 heteroatoms. The fraction of sp³-hybridized carbons (Fsp3) is 0.0909. The maximum absolute atomic E-state index is 11.2. The summed E-state index contributed by atoms with van der Waals surface area (Å²) in [6, 6.07) is 8.09. The van der Waals surface area contributed by atoms with Crippen LogP contribution in [-0.2, 0) is 16.6 Å². The Bertz CT molecular complexity index is 629. The standard InChI is InChI=1S/C11H12N4O2S/c12-18(16,17)11-3-1-2-9(6-11)14-7-10-4-5-13-8-15-10/h1-6,8,14H,7H2,(H2,12,16,17). The zero-order chi connectivity index (χ0) is 13.0. The Morgan fingerprint density at radius 2 is 2.11 bits per heavy atom. The molecule has 0 fully saturated rings. The summed E-state index contributed by atoms with van der Waals surface area (Å²) in [7, 11) is -3.67. The first-order valence-electron chi connectivity index (χ1n) is 5.17. The van der Waals surface area contributed by atoms with Crippen molar-refractivity contribution in [1.82, 2.24) is 9.97 Å². The van der Waals surface area contributed by atoms with Gasteiger partial charge in [0.25, 0.3) is 0 Å². The van der Waals surface area contributed by atoms with Crippen LogP contribution in [0.1, 0.15) is 5.69 Å². The van der Waals surface area contributed by atoms with Gasteiger partial charge in [-0.05, 0) is 24.3 Å². The van der Waals surface area contributed by atoms with E-state index in [1.807, 2.05) is 0 Å². The van der Waals surface area contributed by atoms with E-state index in [1.54, 1.807) is 24.4 Å². The largest absolute Gasteiger partial charge is 0.379 e. The van der Waals surface area contributed by atoms with Crippen molar-refractivity contribution in [3.8, 4) is 0 Å². The van der Waals surface area contributed by atoms with E-state index in [2.05, 4.69) is 15.3 Å². The molecule has 0 unspecified atom stereocenters. The molecule has 0 aliphatic carbocycles. The molecular weight excluding hydrogens is 252 g/mol. The first-order valence-corrected chi connectivity index (χ1v) is 6.72. The predicted molar refractivity (Wildman–Crippen MR) is 67.2 cm³/mol. The minimum Gasteiger partial charge on any atom is -0.379 e. The Kier molecular flexibility index (Phi) is 3.54. The molecule has 0 spiro atoms. The van der Waals surface area contributed by atoms with Gasteiger partial charge in [-0.25, -0.2) is 23.5 Å². The number of benzene rings is 1. The van der Waals surface area contributed by atoms with Gasteiger partial charge in [-0.3, -0.25) is 0 Å². The van der Waals surface area contributed by atoms with Gasteiger partial charge in [0.2, 0.25) is 10.0 Å². The van der Waals surface area contributed by atoms with E-state index in [1.165, 1.54) is 18.5 Å². The highest BCUT2D eigenvalue weighted by Crippen LogP contribution is 2.14.